The van der Waals surface area contributed by atoms with Crippen LogP contribution in [0.15, 0.2) is 91.0 Å². The van der Waals surface area contributed by atoms with Crippen molar-refractivity contribution in [1.29, 1.82) is 15.8 Å². The van der Waals surface area contributed by atoms with Gasteiger partial charge in [0.25, 0.3) is 11.8 Å². The molecule has 1 aliphatic heterocycles. The van der Waals surface area contributed by atoms with Gasteiger partial charge in [-0.3, -0.25) is 14.4 Å². The van der Waals surface area contributed by atoms with E-state index in [-0.39, 0.29) is 23.4 Å². The molecule has 4 aromatic carbocycles. The van der Waals surface area contributed by atoms with Crippen molar-refractivity contribution in [1.82, 2.24) is 20.4 Å². The SMILES string of the molecule is CNC(C)C(=O)NC1C(=O)N(Cc2nn(-c3ccccc3C#N)c3ccccc23)c2ccc(C#N)cc2N(C(=O)c2ccc(C#N)cc2)C1C. The van der Waals surface area contributed by atoms with Crippen molar-refractivity contribution in [2.75, 3.05) is 16.8 Å². The number of hydrogen-bond donors (Lipinski definition) is 2. The first-order valence-electron chi connectivity index (χ1n) is 15.8. The van der Waals surface area contributed by atoms with Gasteiger partial charge in [0.15, 0.2) is 0 Å². The van der Waals surface area contributed by atoms with Gasteiger partial charge in [-0.25, -0.2) is 4.68 Å². The summed E-state index contributed by atoms with van der Waals surface area (Å²) in [6.45, 7) is 3.26. The second kappa shape index (κ2) is 13.7. The van der Waals surface area contributed by atoms with Crippen LogP contribution in [0, 0.1) is 34.0 Å². The van der Waals surface area contributed by atoms with Crippen LogP contribution in [-0.4, -0.2) is 52.7 Å². The van der Waals surface area contributed by atoms with Gasteiger partial charge in [0.2, 0.25) is 5.91 Å². The average Bonchev–Trinajstić information content (AvgIpc) is 3.49. The monoisotopic (exact) mass is 661 g/mol. The molecule has 0 saturated heterocycles. The lowest BCUT2D eigenvalue weighted by atomic mass is 10.0. The highest BCUT2D eigenvalue weighted by Crippen LogP contribution is 2.39. The third kappa shape index (κ3) is 5.90. The van der Waals surface area contributed by atoms with Gasteiger partial charge in [-0.2, -0.15) is 20.9 Å². The summed E-state index contributed by atoms with van der Waals surface area (Å²) in [6.07, 6.45) is 0. The van der Waals surface area contributed by atoms with Crippen LogP contribution in [0.5, 0.6) is 0 Å². The number of para-hydroxylation sites is 2. The molecule has 50 heavy (non-hydrogen) atoms. The Kier molecular flexibility index (Phi) is 9.09. The highest BCUT2D eigenvalue weighted by Gasteiger charge is 2.43. The summed E-state index contributed by atoms with van der Waals surface area (Å²) in [7, 11) is 1.63. The number of amides is 3. The fourth-order valence-corrected chi connectivity index (χ4v) is 6.09. The molecule has 5 aromatic rings. The van der Waals surface area contributed by atoms with E-state index in [0.29, 0.717) is 33.7 Å². The van der Waals surface area contributed by atoms with Crippen molar-refractivity contribution in [3.63, 3.8) is 0 Å². The summed E-state index contributed by atoms with van der Waals surface area (Å²) >= 11 is 0. The maximum absolute atomic E-state index is 14.8. The Morgan fingerprint density at radius 1 is 0.860 bits per heavy atom. The van der Waals surface area contributed by atoms with Crippen LogP contribution in [-0.2, 0) is 16.1 Å². The molecule has 3 amide bonds. The van der Waals surface area contributed by atoms with Crippen LogP contribution in [0.2, 0.25) is 0 Å². The van der Waals surface area contributed by atoms with Gasteiger partial charge >= 0.3 is 0 Å². The quantitative estimate of drug-likeness (QED) is 0.260. The maximum Gasteiger partial charge on any atom is 0.258 e. The lowest BCUT2D eigenvalue weighted by Crippen LogP contribution is -2.59. The minimum absolute atomic E-state index is 0.0699. The van der Waals surface area contributed by atoms with Crippen LogP contribution >= 0.6 is 0 Å². The first kappa shape index (κ1) is 33.1. The number of nitrogens with zero attached hydrogens (tertiary/aromatic N) is 7. The molecule has 0 saturated carbocycles. The summed E-state index contributed by atoms with van der Waals surface area (Å²) in [6, 6.07) is 29.0. The Labute approximate surface area is 288 Å². The topological polar surface area (TPSA) is 171 Å². The molecule has 0 radical (unpaired) electrons. The molecule has 3 atom stereocenters. The Morgan fingerprint density at radius 3 is 2.24 bits per heavy atom. The molecule has 12 nitrogen and oxygen atoms in total. The maximum atomic E-state index is 14.8. The average molecular weight is 662 g/mol. The van der Waals surface area contributed by atoms with Gasteiger partial charge in [0.05, 0.1) is 75.7 Å². The number of nitriles is 3. The smallest absolute Gasteiger partial charge is 0.258 e. The van der Waals surface area contributed by atoms with Gasteiger partial charge in [0.1, 0.15) is 12.1 Å². The third-order valence-electron chi connectivity index (χ3n) is 8.90. The number of rotatable bonds is 7. The summed E-state index contributed by atoms with van der Waals surface area (Å²) in [5.74, 6) is -1.43. The molecule has 0 spiro atoms. The van der Waals surface area contributed by atoms with Crippen molar-refractivity contribution in [3.05, 3.63) is 119 Å². The number of anilines is 2. The zero-order chi connectivity index (χ0) is 35.5. The zero-order valence-electron chi connectivity index (χ0n) is 27.5. The minimum Gasteiger partial charge on any atom is -0.341 e. The van der Waals surface area contributed by atoms with Gasteiger partial charge in [-0.05, 0) is 81.6 Å². The first-order valence-corrected chi connectivity index (χ1v) is 15.8. The predicted molar refractivity (Wildman–Crippen MR) is 186 cm³/mol. The van der Waals surface area contributed by atoms with Crippen LogP contribution < -0.4 is 20.4 Å². The summed E-state index contributed by atoms with van der Waals surface area (Å²) in [5, 5.41) is 40.5. The summed E-state index contributed by atoms with van der Waals surface area (Å²) in [5.41, 5.74) is 3.70. The summed E-state index contributed by atoms with van der Waals surface area (Å²) < 4.78 is 1.67. The molecule has 246 valence electrons. The number of benzene rings is 4. The molecule has 1 aliphatic rings. The van der Waals surface area contributed by atoms with Crippen molar-refractivity contribution < 1.29 is 14.4 Å². The van der Waals surface area contributed by atoms with E-state index in [0.717, 1.165) is 5.39 Å². The Bertz CT molecular complexity index is 2270. The molecule has 6 rings (SSSR count). The van der Waals surface area contributed by atoms with E-state index in [1.807, 2.05) is 36.4 Å². The molecule has 0 bridgehead atoms. The number of hydrogen-bond acceptors (Lipinski definition) is 8. The van der Waals surface area contributed by atoms with E-state index < -0.39 is 35.8 Å². The van der Waals surface area contributed by atoms with E-state index in [1.54, 1.807) is 62.0 Å². The lowest BCUT2D eigenvalue weighted by Gasteiger charge is -2.32. The molecule has 1 aromatic heterocycles. The predicted octanol–water partition coefficient (Wildman–Crippen LogP) is 4.32. The summed E-state index contributed by atoms with van der Waals surface area (Å²) in [4.78, 5) is 45.4. The molecule has 2 N–H and O–H groups in total. The van der Waals surface area contributed by atoms with E-state index in [2.05, 4.69) is 22.8 Å². The lowest BCUT2D eigenvalue weighted by molar-refractivity contribution is -0.128. The first-order chi connectivity index (χ1) is 24.2. The number of carbonyl (C=O) groups is 3. The number of likely N-dealkylation sites (N-methyl/N-ethyl adjacent to an activating group) is 1. The van der Waals surface area contributed by atoms with Crippen molar-refractivity contribution in [3.8, 4) is 23.9 Å². The fourth-order valence-electron chi connectivity index (χ4n) is 6.09. The van der Waals surface area contributed by atoms with E-state index >= 15 is 0 Å². The second-order valence-electron chi connectivity index (χ2n) is 11.8. The van der Waals surface area contributed by atoms with Crippen molar-refractivity contribution in [2.45, 2.75) is 38.5 Å². The van der Waals surface area contributed by atoms with E-state index in [9.17, 15) is 30.2 Å². The van der Waals surface area contributed by atoms with Crippen LogP contribution in [0.4, 0.5) is 11.4 Å². The highest BCUT2D eigenvalue weighted by molar-refractivity contribution is 6.13. The van der Waals surface area contributed by atoms with Crippen molar-refractivity contribution >= 4 is 40.0 Å². The minimum atomic E-state index is -1.22. The van der Waals surface area contributed by atoms with Crippen LogP contribution in [0.25, 0.3) is 16.6 Å². The van der Waals surface area contributed by atoms with Gasteiger partial charge in [-0.1, -0.05) is 30.3 Å². The van der Waals surface area contributed by atoms with Crippen LogP contribution in [0.3, 0.4) is 0 Å². The molecule has 2 heterocycles. The van der Waals surface area contributed by atoms with E-state index in [4.69, 9.17) is 5.10 Å². The van der Waals surface area contributed by atoms with E-state index in [1.165, 1.54) is 34.1 Å². The largest absolute Gasteiger partial charge is 0.341 e. The normalized spacial score (nSPS) is 16.0. The Morgan fingerprint density at radius 2 is 1.54 bits per heavy atom. The molecule has 0 aliphatic carbocycles. The van der Waals surface area contributed by atoms with Gasteiger partial charge in [0, 0.05) is 10.9 Å². The standard InChI is InChI=1S/C38H31N9O3/c1-23(42-3)36(48)43-35-24(2)46(37(49)27-15-12-25(19-39)13-16-27)34-18-26(20-40)14-17-33(34)45(38(35)50)22-30-29-9-5-7-11-32(29)47(44-30)31-10-6-4-8-28(31)21-41/h4-18,23-24,35,42H,22H2,1-3H3,(H,43,48). The number of fused-ring (bicyclic) bond motifs is 2. The number of aromatic nitrogens is 2. The Balaban J connectivity index is 1.54. The second-order valence-corrected chi connectivity index (χ2v) is 11.8. The third-order valence-corrected chi connectivity index (χ3v) is 8.90. The fraction of sp³-hybridized carbons (Fsp3) is 0.184. The zero-order valence-corrected chi connectivity index (χ0v) is 27.5. The van der Waals surface area contributed by atoms with Crippen molar-refractivity contribution in [2.24, 2.45) is 0 Å². The molecular formula is C38H31N9O3. The molecule has 12 heteroatoms. The number of nitrogens with one attached hydrogen (secondary N) is 2. The Hall–Kier alpha value is -6.81. The van der Waals surface area contributed by atoms with Crippen LogP contribution in [0.1, 0.15) is 46.6 Å². The van der Waals surface area contributed by atoms with Gasteiger partial charge in [-0.15, -0.1) is 0 Å². The van der Waals surface area contributed by atoms with Gasteiger partial charge < -0.3 is 20.4 Å². The molecule has 0 fully saturated rings. The highest BCUT2D eigenvalue weighted by atomic mass is 16.2. The molecular weight excluding hydrogens is 630 g/mol. The number of carbonyl (C=O) groups excluding carboxylic acids is 3. The molecule has 3 unspecified atom stereocenters.